The smallest absolute Gasteiger partial charge is 0.209 e. The lowest BCUT2D eigenvalue weighted by Gasteiger charge is -2.33. The summed E-state index contributed by atoms with van der Waals surface area (Å²) < 4.78 is 39.3. The molecule has 0 aromatic carbocycles. The average molecular weight is 302 g/mol. The van der Waals surface area contributed by atoms with Crippen LogP contribution in [0.4, 0.5) is 10.2 Å². The zero-order valence-electron chi connectivity index (χ0n) is 11.6. The third-order valence-corrected chi connectivity index (χ3v) is 4.04. The first-order valence-corrected chi connectivity index (χ1v) is 8.51. The van der Waals surface area contributed by atoms with Gasteiger partial charge in [0.25, 0.3) is 0 Å². The average Bonchev–Trinajstić information content (AvgIpc) is 2.37. The molecular weight excluding hydrogens is 283 g/mol. The maximum absolute atomic E-state index is 14.2. The van der Waals surface area contributed by atoms with Gasteiger partial charge in [0.1, 0.15) is 6.33 Å². The number of rotatable bonds is 4. The van der Waals surface area contributed by atoms with Gasteiger partial charge in [-0.15, -0.1) is 0 Å². The van der Waals surface area contributed by atoms with E-state index in [2.05, 4.69) is 14.7 Å². The Kier molecular flexibility index (Phi) is 4.54. The van der Waals surface area contributed by atoms with Crippen LogP contribution >= 0.6 is 0 Å². The predicted octanol–water partition coefficient (Wildman–Crippen LogP) is 0.696. The molecule has 1 aliphatic rings. The molecule has 2 rings (SSSR count). The largest absolute Gasteiger partial charge is 0.352 e. The fraction of sp³-hybridized carbons (Fsp3) is 0.667. The van der Waals surface area contributed by atoms with Crippen molar-refractivity contribution in [1.82, 2.24) is 14.7 Å². The van der Waals surface area contributed by atoms with Crippen LogP contribution in [0.25, 0.3) is 0 Å². The molecule has 1 fully saturated rings. The topological polar surface area (TPSA) is 75.2 Å². The van der Waals surface area contributed by atoms with Gasteiger partial charge < -0.3 is 4.90 Å². The van der Waals surface area contributed by atoms with Gasteiger partial charge in [0.2, 0.25) is 10.0 Å². The molecule has 20 heavy (non-hydrogen) atoms. The molecule has 0 aliphatic carbocycles. The minimum Gasteiger partial charge on any atom is -0.352 e. The maximum atomic E-state index is 14.2. The molecule has 1 N–H and O–H groups in total. The van der Waals surface area contributed by atoms with Crippen molar-refractivity contribution in [2.45, 2.75) is 32.2 Å². The van der Waals surface area contributed by atoms with Crippen LogP contribution in [0.1, 0.15) is 25.5 Å². The van der Waals surface area contributed by atoms with E-state index in [0.717, 1.165) is 19.1 Å². The van der Waals surface area contributed by atoms with Crippen molar-refractivity contribution in [2.24, 2.45) is 0 Å². The summed E-state index contributed by atoms with van der Waals surface area (Å²) in [5.41, 5.74) is 0.383. The number of hydrogen-bond donors (Lipinski definition) is 1. The molecule has 1 atom stereocenters. The maximum Gasteiger partial charge on any atom is 0.209 e. The highest BCUT2D eigenvalue weighted by Gasteiger charge is 2.25. The van der Waals surface area contributed by atoms with Crippen LogP contribution in [0.2, 0.25) is 0 Å². The highest BCUT2D eigenvalue weighted by Crippen LogP contribution is 2.22. The molecule has 6 nitrogen and oxygen atoms in total. The molecule has 1 aromatic rings. The lowest BCUT2D eigenvalue weighted by molar-refractivity contribution is 0.458. The molecule has 0 radical (unpaired) electrons. The van der Waals surface area contributed by atoms with Crippen molar-refractivity contribution in [1.29, 1.82) is 0 Å². The SMILES string of the molecule is CCc1ncnc(N2CCCC(NS(C)(=O)=O)C2)c1F. The zero-order valence-corrected chi connectivity index (χ0v) is 12.5. The summed E-state index contributed by atoms with van der Waals surface area (Å²) in [6.45, 7) is 2.92. The van der Waals surface area contributed by atoms with E-state index in [-0.39, 0.29) is 11.9 Å². The van der Waals surface area contributed by atoms with Crippen molar-refractivity contribution in [3.63, 3.8) is 0 Å². The van der Waals surface area contributed by atoms with Gasteiger partial charge in [-0.1, -0.05) is 6.92 Å². The van der Waals surface area contributed by atoms with Gasteiger partial charge in [-0.25, -0.2) is 27.5 Å². The van der Waals surface area contributed by atoms with E-state index >= 15 is 0 Å². The lowest BCUT2D eigenvalue weighted by Crippen LogP contribution is -2.48. The number of hydrogen-bond acceptors (Lipinski definition) is 5. The third-order valence-electron chi connectivity index (χ3n) is 3.28. The molecule has 2 heterocycles. The normalized spacial score (nSPS) is 20.1. The van der Waals surface area contributed by atoms with Gasteiger partial charge in [-0.2, -0.15) is 0 Å². The molecule has 1 aromatic heterocycles. The summed E-state index contributed by atoms with van der Waals surface area (Å²) in [6.07, 6.45) is 4.52. The van der Waals surface area contributed by atoms with Crippen molar-refractivity contribution in [2.75, 3.05) is 24.2 Å². The van der Waals surface area contributed by atoms with Crippen molar-refractivity contribution < 1.29 is 12.8 Å². The highest BCUT2D eigenvalue weighted by atomic mass is 32.2. The number of nitrogens with zero attached hydrogens (tertiary/aromatic N) is 3. The van der Waals surface area contributed by atoms with E-state index in [1.54, 1.807) is 4.90 Å². The lowest BCUT2D eigenvalue weighted by atomic mass is 10.1. The van der Waals surface area contributed by atoms with Crippen LogP contribution in [0.3, 0.4) is 0 Å². The Bertz CT molecular complexity index is 579. The van der Waals surface area contributed by atoms with Crippen molar-refractivity contribution >= 4 is 15.8 Å². The van der Waals surface area contributed by atoms with Crippen LogP contribution in [-0.4, -0.2) is 43.8 Å². The van der Waals surface area contributed by atoms with Gasteiger partial charge in [-0.3, -0.25) is 0 Å². The van der Waals surface area contributed by atoms with E-state index in [1.807, 2.05) is 6.92 Å². The van der Waals surface area contributed by atoms with E-state index in [1.165, 1.54) is 6.33 Å². The van der Waals surface area contributed by atoms with Crippen LogP contribution < -0.4 is 9.62 Å². The molecule has 1 unspecified atom stereocenters. The quantitative estimate of drug-likeness (QED) is 0.886. The van der Waals surface area contributed by atoms with Gasteiger partial charge in [-0.05, 0) is 19.3 Å². The first-order chi connectivity index (χ1) is 9.40. The van der Waals surface area contributed by atoms with Gasteiger partial charge >= 0.3 is 0 Å². The van der Waals surface area contributed by atoms with Crippen molar-refractivity contribution in [3.8, 4) is 0 Å². The molecule has 8 heteroatoms. The van der Waals surface area contributed by atoms with Crippen LogP contribution in [-0.2, 0) is 16.4 Å². The second-order valence-electron chi connectivity index (χ2n) is 4.99. The fourth-order valence-electron chi connectivity index (χ4n) is 2.43. The Morgan fingerprint density at radius 3 is 2.90 bits per heavy atom. The van der Waals surface area contributed by atoms with Crippen LogP contribution in [0.15, 0.2) is 6.33 Å². The highest BCUT2D eigenvalue weighted by molar-refractivity contribution is 7.88. The molecule has 0 bridgehead atoms. The Labute approximate surface area is 118 Å². The first kappa shape index (κ1) is 15.1. The summed E-state index contributed by atoms with van der Waals surface area (Å²) in [5.74, 6) is -0.146. The molecular formula is C12H19FN4O2S. The van der Waals surface area contributed by atoms with E-state index < -0.39 is 15.8 Å². The second kappa shape index (κ2) is 6.01. The number of nitrogens with one attached hydrogen (secondary N) is 1. The molecule has 0 spiro atoms. The predicted molar refractivity (Wildman–Crippen MR) is 74.6 cm³/mol. The minimum atomic E-state index is -3.26. The monoisotopic (exact) mass is 302 g/mol. The zero-order chi connectivity index (χ0) is 14.8. The number of aryl methyl sites for hydroxylation is 1. The van der Waals surface area contributed by atoms with Crippen LogP contribution in [0.5, 0.6) is 0 Å². The Balaban J connectivity index is 2.17. The number of aromatic nitrogens is 2. The van der Waals surface area contributed by atoms with E-state index in [0.29, 0.717) is 25.2 Å². The Hall–Kier alpha value is -1.28. The fourth-order valence-corrected chi connectivity index (χ4v) is 3.23. The third kappa shape index (κ3) is 3.63. The molecule has 1 aliphatic heterocycles. The summed E-state index contributed by atoms with van der Waals surface area (Å²) in [4.78, 5) is 9.69. The van der Waals surface area contributed by atoms with Gasteiger partial charge in [0, 0.05) is 19.1 Å². The Morgan fingerprint density at radius 2 is 2.25 bits per heavy atom. The standard InChI is InChI=1S/C12H19FN4O2S/c1-3-10-11(13)12(15-8-14-10)17-6-4-5-9(7-17)16-20(2,18)19/h8-9,16H,3-7H2,1-2H3. The number of sulfonamides is 1. The summed E-state index contributed by atoms with van der Waals surface area (Å²) in [7, 11) is -3.26. The number of piperidine rings is 1. The number of halogens is 1. The summed E-state index contributed by atoms with van der Waals surface area (Å²) >= 11 is 0. The van der Waals surface area contributed by atoms with Crippen LogP contribution in [0, 0.1) is 5.82 Å². The second-order valence-corrected chi connectivity index (χ2v) is 6.77. The Morgan fingerprint density at radius 1 is 1.50 bits per heavy atom. The van der Waals surface area contributed by atoms with Gasteiger partial charge in [0.05, 0.1) is 11.9 Å². The first-order valence-electron chi connectivity index (χ1n) is 6.62. The van der Waals surface area contributed by atoms with Gasteiger partial charge in [0.15, 0.2) is 11.6 Å². The molecule has 0 saturated carbocycles. The summed E-state index contributed by atoms with van der Waals surface area (Å²) in [5, 5.41) is 0. The minimum absolute atomic E-state index is 0.210. The van der Waals surface area contributed by atoms with Crippen molar-refractivity contribution in [3.05, 3.63) is 17.8 Å². The van der Waals surface area contributed by atoms with E-state index in [4.69, 9.17) is 0 Å². The molecule has 0 amide bonds. The molecule has 112 valence electrons. The molecule has 1 saturated heterocycles. The summed E-state index contributed by atoms with van der Waals surface area (Å²) in [6, 6.07) is -0.210. The van der Waals surface area contributed by atoms with E-state index in [9.17, 15) is 12.8 Å². The number of anilines is 1.